The number of carboxylic acids is 1. The number of nitrogens with two attached hydrogens (primary N) is 1. The molecule has 6 aliphatic rings. The van der Waals surface area contributed by atoms with Gasteiger partial charge in [-0.05, 0) is 148 Å². The number of fused-ring (bicyclic) bond motifs is 2. The average Bonchev–Trinajstić information content (AvgIpc) is 4.34. The largest absolute Gasteiger partial charge is 0.487 e. The Bertz CT molecular complexity index is 3180. The molecule has 15 nitrogen and oxygen atoms in total. The Morgan fingerprint density at radius 1 is 0.671 bits per heavy atom. The van der Waals surface area contributed by atoms with Gasteiger partial charge in [0.25, 0.3) is 5.91 Å². The molecule has 12 rings (SSSR count). The number of carboxylic acid groups (broad SMARTS) is 1. The van der Waals surface area contributed by atoms with Crippen molar-refractivity contribution in [2.45, 2.75) is 103 Å². The number of nitrogens with one attached hydrogen (secondary N) is 1. The summed E-state index contributed by atoms with van der Waals surface area (Å²) in [6.07, 6.45) is 4.33. The number of aliphatic hydroxyl groups is 2. The van der Waals surface area contributed by atoms with Gasteiger partial charge in [-0.2, -0.15) is 0 Å². The number of rotatable bonds is 17. The molecule has 0 radical (unpaired) electrons. The topological polar surface area (TPSA) is 201 Å². The molecule has 6 N–H and O–H groups in total. The Morgan fingerprint density at radius 2 is 1.14 bits per heavy atom. The molecule has 2 aromatic heterocycles. The quantitative estimate of drug-likeness (QED) is 0.0580. The number of benzene rings is 4. The zero-order valence-electron chi connectivity index (χ0n) is 41.6. The maximum absolute atomic E-state index is 14.7. The van der Waals surface area contributed by atoms with E-state index in [1.165, 1.54) is 41.2 Å². The van der Waals surface area contributed by atoms with E-state index in [9.17, 15) is 28.6 Å². The van der Waals surface area contributed by atoms with Gasteiger partial charge in [0.1, 0.15) is 19.3 Å². The third-order valence-corrected chi connectivity index (χ3v) is 16.3. The molecule has 4 fully saturated rings. The zero-order valence-corrected chi connectivity index (χ0v) is 44.7. The SMILES string of the molecule is C.C.N[C@H](CN1CCC1)[C@H](O)c1ccc(OC2CC2)c(F)c1.O=C(N[C@H](CN1CCC1)[C@H](O)c1ccc(OC2CC2)c(F)c1)C1=NOCc2cc(-c3ccc(Cl)s3)ccc21.O=C(O)C1=NOCc2cc(-c3ccc(Cl)s3)ccc21. The van der Waals surface area contributed by atoms with Crippen LogP contribution in [-0.2, 0) is 32.5 Å². The molecular weight excluding hydrogens is 1100 g/mol. The van der Waals surface area contributed by atoms with Gasteiger partial charge in [-0.3, -0.25) is 4.79 Å². The van der Waals surface area contributed by atoms with E-state index in [2.05, 4.69) is 25.4 Å². The van der Waals surface area contributed by atoms with Crippen LogP contribution in [0.4, 0.5) is 8.78 Å². The molecule has 1 amide bonds. The normalized spacial score (nSPS) is 17.7. The van der Waals surface area contributed by atoms with Crippen LogP contribution < -0.4 is 20.5 Å². The summed E-state index contributed by atoms with van der Waals surface area (Å²) in [5.41, 5.74) is 11.9. The molecule has 79 heavy (non-hydrogen) atoms. The van der Waals surface area contributed by atoms with Crippen molar-refractivity contribution < 1.29 is 52.8 Å². The van der Waals surface area contributed by atoms with Crippen molar-refractivity contribution in [2.75, 3.05) is 39.3 Å². The monoisotopic (exact) mass is 1160 g/mol. The molecule has 6 heterocycles. The Hall–Kier alpha value is -6.00. The van der Waals surface area contributed by atoms with Gasteiger partial charge in [0.2, 0.25) is 0 Å². The number of nitrogens with zero attached hydrogens (tertiary/aromatic N) is 4. The smallest absolute Gasteiger partial charge is 0.358 e. The molecule has 0 unspecified atom stereocenters. The molecule has 420 valence electrons. The number of likely N-dealkylation sites (tertiary alicyclic amines) is 2. The van der Waals surface area contributed by atoms with Crippen LogP contribution in [0.5, 0.6) is 11.5 Å². The highest BCUT2D eigenvalue weighted by atomic mass is 35.5. The minimum absolute atomic E-state index is 0. The van der Waals surface area contributed by atoms with Crippen molar-refractivity contribution in [3.05, 3.63) is 151 Å². The highest BCUT2D eigenvalue weighted by Crippen LogP contribution is 2.36. The number of carbonyl (C=O) groups is 2. The molecule has 2 saturated heterocycles. The van der Waals surface area contributed by atoms with Gasteiger partial charge in [-0.1, -0.05) is 84.8 Å². The molecule has 6 aromatic rings. The lowest BCUT2D eigenvalue weighted by Gasteiger charge is -2.36. The molecule has 0 bridgehead atoms. The summed E-state index contributed by atoms with van der Waals surface area (Å²) in [5.74, 6) is -2.06. The Morgan fingerprint density at radius 3 is 1.57 bits per heavy atom. The number of oxime groups is 2. The van der Waals surface area contributed by atoms with Gasteiger partial charge in [-0.15, -0.1) is 22.7 Å². The summed E-state index contributed by atoms with van der Waals surface area (Å²) in [6.45, 7) is 5.41. The van der Waals surface area contributed by atoms with E-state index in [1.54, 1.807) is 30.3 Å². The van der Waals surface area contributed by atoms with Crippen LogP contribution >= 0.6 is 45.9 Å². The van der Waals surface area contributed by atoms with Crippen LogP contribution in [-0.4, -0.2) is 112 Å². The molecular formula is C58H64Cl2F2N6O9S2. The maximum atomic E-state index is 14.7. The number of hydrogen-bond donors (Lipinski definition) is 5. The van der Waals surface area contributed by atoms with Crippen molar-refractivity contribution in [2.24, 2.45) is 16.0 Å². The van der Waals surface area contributed by atoms with E-state index in [0.29, 0.717) is 39.7 Å². The van der Waals surface area contributed by atoms with Gasteiger partial charge in [0.05, 0.1) is 33.0 Å². The molecule has 0 spiro atoms. The molecule has 2 saturated carbocycles. The van der Waals surface area contributed by atoms with Crippen molar-refractivity contribution in [3.8, 4) is 32.4 Å². The summed E-state index contributed by atoms with van der Waals surface area (Å²) in [5, 5.41) is 41.1. The van der Waals surface area contributed by atoms with E-state index < -0.39 is 47.8 Å². The van der Waals surface area contributed by atoms with Crippen molar-refractivity contribution in [3.63, 3.8) is 0 Å². The summed E-state index contributed by atoms with van der Waals surface area (Å²) >= 11 is 15.0. The van der Waals surface area contributed by atoms with E-state index in [4.69, 9.17) is 53.2 Å². The lowest BCUT2D eigenvalue weighted by atomic mass is 9.97. The predicted octanol–water partition coefficient (Wildman–Crippen LogP) is 11.0. The van der Waals surface area contributed by atoms with Crippen LogP contribution in [0.25, 0.3) is 20.9 Å². The number of carbonyl (C=O) groups excluding carboxylic acids is 1. The molecule has 4 aliphatic heterocycles. The minimum atomic E-state index is -1.13. The second-order valence-electron chi connectivity index (χ2n) is 19.6. The number of amides is 1. The lowest BCUT2D eigenvalue weighted by molar-refractivity contribution is -0.129. The average molecular weight is 1160 g/mol. The zero-order chi connectivity index (χ0) is 53.7. The highest BCUT2D eigenvalue weighted by molar-refractivity contribution is 7.19. The number of hydrogen-bond acceptors (Lipinski definition) is 15. The van der Waals surface area contributed by atoms with Crippen LogP contribution in [0, 0.1) is 11.6 Å². The second-order valence-corrected chi connectivity index (χ2v) is 23.1. The summed E-state index contributed by atoms with van der Waals surface area (Å²) in [6, 6.07) is 26.9. The first kappa shape index (κ1) is 59.1. The van der Waals surface area contributed by atoms with Gasteiger partial charge in [0.15, 0.2) is 34.6 Å². The van der Waals surface area contributed by atoms with Crippen LogP contribution in [0.2, 0.25) is 8.67 Å². The first-order chi connectivity index (χ1) is 37.2. The third-order valence-electron chi connectivity index (χ3n) is 13.8. The summed E-state index contributed by atoms with van der Waals surface area (Å²) in [4.78, 5) is 41.2. The second kappa shape index (κ2) is 26.5. The number of thiophene rings is 2. The predicted molar refractivity (Wildman–Crippen MR) is 305 cm³/mol. The van der Waals surface area contributed by atoms with Gasteiger partial charge >= 0.3 is 5.97 Å². The fourth-order valence-corrected chi connectivity index (χ4v) is 11.0. The standard InChI is InChI=1S/C28H27ClFN3O4S.C15H21FN2O2.C13H8ClNO3S.2CH4/c29-25-9-8-24(38-25)16-2-6-20-18(12-16)15-36-32-26(20)28(35)31-22(14-33-10-1-11-33)27(34)17-3-7-23(21(30)13-17)37-19-4-5-19;16-12-8-10(2-5-14(12)20-11-3-4-11)15(19)13(17)9-18-6-1-7-18;14-11-4-3-10(19-11)7-1-2-9-8(5-7)6-18-15-12(9)13(16)17;;/h2-3,6-9,12-13,19,22,27,34H,1,4-5,10-11,14-15H2,(H,31,35);2,5,8,11,13,15,19H,1,3-4,6-7,9,17H2;1-5H,6H2,(H,16,17);2*1H4/t22-,27-;13-,15-;;;/m11.../s1. The summed E-state index contributed by atoms with van der Waals surface area (Å²) < 4.78 is 41.1. The number of halogens is 4. The lowest BCUT2D eigenvalue weighted by Crippen LogP contribution is -2.52. The first-order valence-corrected chi connectivity index (χ1v) is 27.8. The van der Waals surface area contributed by atoms with Crippen LogP contribution in [0.15, 0.2) is 107 Å². The Labute approximate surface area is 476 Å². The van der Waals surface area contributed by atoms with Crippen LogP contribution in [0.3, 0.4) is 0 Å². The van der Waals surface area contributed by atoms with Gasteiger partial charge < -0.3 is 55.3 Å². The highest BCUT2D eigenvalue weighted by Gasteiger charge is 2.33. The van der Waals surface area contributed by atoms with Crippen molar-refractivity contribution in [1.29, 1.82) is 0 Å². The van der Waals surface area contributed by atoms with Crippen LogP contribution in [0.1, 0.15) is 99.0 Å². The van der Waals surface area contributed by atoms with E-state index >= 15 is 0 Å². The van der Waals surface area contributed by atoms with Gasteiger partial charge in [0, 0.05) is 51.1 Å². The third kappa shape index (κ3) is 14.9. The molecule has 2 aliphatic carbocycles. The number of aliphatic carboxylic acids is 1. The summed E-state index contributed by atoms with van der Waals surface area (Å²) in [7, 11) is 0. The molecule has 21 heteroatoms. The Balaban J connectivity index is 0.000000169. The van der Waals surface area contributed by atoms with E-state index in [1.807, 2.05) is 54.6 Å². The first-order valence-electron chi connectivity index (χ1n) is 25.4. The van der Waals surface area contributed by atoms with E-state index in [-0.39, 0.29) is 63.2 Å². The van der Waals surface area contributed by atoms with Crippen molar-refractivity contribution in [1.82, 2.24) is 15.1 Å². The van der Waals surface area contributed by atoms with E-state index in [0.717, 1.165) is 94.6 Å². The number of ether oxygens (including phenoxy) is 2. The minimum Gasteiger partial charge on any atom is -0.487 e. The van der Waals surface area contributed by atoms with Gasteiger partial charge in [-0.25, -0.2) is 13.6 Å². The fourth-order valence-electron chi connectivity index (χ4n) is 8.95. The maximum Gasteiger partial charge on any atom is 0.358 e. The molecule has 4 aromatic carbocycles. The van der Waals surface area contributed by atoms with Crippen molar-refractivity contribution >= 4 is 69.2 Å². The molecule has 4 atom stereocenters. The Kier molecular flexibility index (Phi) is 19.8. The number of aliphatic hydroxyl groups excluding tert-OH is 2. The fraction of sp³-hybridized carbons (Fsp3) is 0.379.